The van der Waals surface area contributed by atoms with Gasteiger partial charge in [-0.1, -0.05) is 0 Å². The monoisotopic (exact) mass is 450 g/mol. The molecule has 1 aromatic heterocycles. The molecule has 4 N–H and O–H groups in total. The van der Waals surface area contributed by atoms with Crippen LogP contribution in [0.3, 0.4) is 0 Å². The lowest BCUT2D eigenvalue weighted by molar-refractivity contribution is -0.117. The third-order valence-electron chi connectivity index (χ3n) is 5.33. The van der Waals surface area contributed by atoms with E-state index < -0.39 is 11.8 Å². The minimum Gasteiger partial charge on any atom is -0.454 e. The summed E-state index contributed by atoms with van der Waals surface area (Å²) < 4.78 is 10.6. The molecule has 2 aromatic carbocycles. The van der Waals surface area contributed by atoms with Crippen molar-refractivity contribution in [3.8, 4) is 11.5 Å². The van der Waals surface area contributed by atoms with Crippen LogP contribution < -0.4 is 25.8 Å². The Morgan fingerprint density at radius 3 is 2.53 bits per heavy atom. The van der Waals surface area contributed by atoms with Gasteiger partial charge in [0.1, 0.15) is 0 Å². The molecular weight excluding hydrogens is 432 g/mol. The number of nitrogens with two attached hydrogens (primary N) is 1. The number of ether oxygens (including phenoxy) is 2. The van der Waals surface area contributed by atoms with Crippen molar-refractivity contribution in [2.24, 2.45) is 5.73 Å². The zero-order valence-electron chi connectivity index (χ0n) is 16.7. The minimum atomic E-state index is -0.527. The second kappa shape index (κ2) is 7.97. The van der Waals surface area contributed by atoms with Crippen LogP contribution in [-0.2, 0) is 11.2 Å². The van der Waals surface area contributed by atoms with Gasteiger partial charge in [-0.2, -0.15) is 0 Å². The van der Waals surface area contributed by atoms with E-state index in [2.05, 4.69) is 15.6 Å². The molecule has 0 saturated heterocycles. The Bertz CT molecular complexity index is 1240. The van der Waals surface area contributed by atoms with Crippen LogP contribution in [-0.4, -0.2) is 29.5 Å². The molecule has 32 heavy (non-hydrogen) atoms. The van der Waals surface area contributed by atoms with E-state index in [1.54, 1.807) is 42.5 Å². The summed E-state index contributed by atoms with van der Waals surface area (Å²) in [5.41, 5.74) is 7.29. The number of carbonyl (C=O) groups is 3. The highest BCUT2D eigenvalue weighted by Crippen LogP contribution is 2.39. The van der Waals surface area contributed by atoms with Crippen LogP contribution in [0.5, 0.6) is 11.5 Å². The largest absolute Gasteiger partial charge is 0.454 e. The number of aryl methyl sites for hydroxylation is 1. The molecule has 2 heterocycles. The van der Waals surface area contributed by atoms with Crippen molar-refractivity contribution < 1.29 is 23.9 Å². The SMILES string of the molecule is NC(=O)c1ccc(NC(=O)C2CCc3sc(NC(=O)c4ccc5c(c4)OCO5)nc32)cc1. The Morgan fingerprint density at radius 1 is 1.00 bits per heavy atom. The Kier molecular flexibility index (Phi) is 4.98. The first kappa shape index (κ1) is 20.0. The lowest BCUT2D eigenvalue weighted by Crippen LogP contribution is -2.20. The van der Waals surface area contributed by atoms with E-state index in [-0.39, 0.29) is 18.6 Å². The van der Waals surface area contributed by atoms with E-state index in [1.807, 2.05) is 0 Å². The lowest BCUT2D eigenvalue weighted by atomic mass is 10.1. The average molecular weight is 450 g/mol. The zero-order chi connectivity index (χ0) is 22.2. The van der Waals surface area contributed by atoms with Gasteiger partial charge >= 0.3 is 0 Å². The highest BCUT2D eigenvalue weighted by molar-refractivity contribution is 7.16. The standard InChI is InChI=1S/C22H18N4O5S/c23-19(27)11-1-4-13(5-2-11)24-21(29)14-6-8-17-18(14)25-22(32-17)26-20(28)12-3-7-15-16(9-12)31-10-30-15/h1-5,7,9,14H,6,8,10H2,(H2,23,27)(H,24,29)(H,25,26,28). The number of aromatic nitrogens is 1. The zero-order valence-corrected chi connectivity index (χ0v) is 17.5. The van der Waals surface area contributed by atoms with Crippen molar-refractivity contribution >= 4 is 39.9 Å². The van der Waals surface area contributed by atoms with Crippen LogP contribution in [0.25, 0.3) is 0 Å². The maximum absolute atomic E-state index is 12.8. The molecule has 0 spiro atoms. The normalized spacial score (nSPS) is 15.8. The molecule has 0 saturated carbocycles. The molecule has 1 atom stereocenters. The molecule has 0 fully saturated rings. The fourth-order valence-electron chi connectivity index (χ4n) is 3.69. The Morgan fingerprint density at radius 2 is 1.75 bits per heavy atom. The number of benzene rings is 2. The third-order valence-corrected chi connectivity index (χ3v) is 6.37. The van der Waals surface area contributed by atoms with E-state index >= 15 is 0 Å². The first-order valence-electron chi connectivity index (χ1n) is 9.89. The van der Waals surface area contributed by atoms with Crippen LogP contribution >= 0.6 is 11.3 Å². The van der Waals surface area contributed by atoms with E-state index in [0.717, 1.165) is 4.88 Å². The predicted molar refractivity (Wildman–Crippen MR) is 117 cm³/mol. The molecule has 1 unspecified atom stereocenters. The quantitative estimate of drug-likeness (QED) is 0.548. The van der Waals surface area contributed by atoms with Gasteiger partial charge in [-0.25, -0.2) is 4.98 Å². The molecule has 5 rings (SSSR count). The topological polar surface area (TPSA) is 133 Å². The average Bonchev–Trinajstić information content (AvgIpc) is 3.49. The first-order chi connectivity index (χ1) is 15.5. The Balaban J connectivity index is 1.27. The molecule has 1 aliphatic heterocycles. The maximum atomic E-state index is 12.8. The van der Waals surface area contributed by atoms with Crippen molar-refractivity contribution in [2.45, 2.75) is 18.8 Å². The van der Waals surface area contributed by atoms with Crippen LogP contribution in [0.1, 0.15) is 43.6 Å². The smallest absolute Gasteiger partial charge is 0.257 e. The van der Waals surface area contributed by atoms with Gasteiger partial charge < -0.3 is 20.5 Å². The summed E-state index contributed by atoms with van der Waals surface area (Å²) in [5.74, 6) is -0.303. The molecule has 2 aliphatic rings. The second-order valence-electron chi connectivity index (χ2n) is 7.37. The summed E-state index contributed by atoms with van der Waals surface area (Å²) in [5, 5.41) is 6.10. The summed E-state index contributed by atoms with van der Waals surface area (Å²) in [4.78, 5) is 42.1. The first-order valence-corrected chi connectivity index (χ1v) is 10.7. The van der Waals surface area contributed by atoms with Gasteiger partial charge in [0.25, 0.3) is 5.91 Å². The number of hydrogen-bond acceptors (Lipinski definition) is 7. The molecular formula is C22H18N4O5S. The molecule has 3 amide bonds. The van der Waals surface area contributed by atoms with Gasteiger partial charge in [-0.3, -0.25) is 19.7 Å². The van der Waals surface area contributed by atoms with Gasteiger partial charge in [-0.05, 0) is 55.3 Å². The third kappa shape index (κ3) is 3.76. The van der Waals surface area contributed by atoms with Crippen LogP contribution in [0.15, 0.2) is 42.5 Å². The highest BCUT2D eigenvalue weighted by Gasteiger charge is 2.33. The summed E-state index contributed by atoms with van der Waals surface area (Å²) in [6.07, 6.45) is 1.36. The lowest BCUT2D eigenvalue weighted by Gasteiger charge is -2.11. The number of anilines is 2. The molecule has 3 aromatic rings. The number of fused-ring (bicyclic) bond motifs is 2. The molecule has 0 bridgehead atoms. The number of nitrogens with one attached hydrogen (secondary N) is 2. The van der Waals surface area contributed by atoms with Crippen molar-refractivity contribution in [2.75, 3.05) is 17.4 Å². The molecule has 162 valence electrons. The summed E-state index contributed by atoms with van der Waals surface area (Å²) >= 11 is 1.37. The minimum absolute atomic E-state index is 0.137. The molecule has 1 aliphatic carbocycles. The van der Waals surface area contributed by atoms with Crippen molar-refractivity contribution in [1.29, 1.82) is 0 Å². The van der Waals surface area contributed by atoms with Crippen LogP contribution in [0, 0.1) is 0 Å². The van der Waals surface area contributed by atoms with E-state index in [4.69, 9.17) is 15.2 Å². The molecule has 10 heteroatoms. The van der Waals surface area contributed by atoms with Gasteiger partial charge in [-0.15, -0.1) is 11.3 Å². The summed E-state index contributed by atoms with van der Waals surface area (Å²) in [7, 11) is 0. The molecule has 9 nitrogen and oxygen atoms in total. The van der Waals surface area contributed by atoms with Gasteiger partial charge in [0.05, 0.1) is 11.6 Å². The second-order valence-corrected chi connectivity index (χ2v) is 8.46. The van der Waals surface area contributed by atoms with Crippen LogP contribution in [0.2, 0.25) is 0 Å². The van der Waals surface area contributed by atoms with E-state index in [1.165, 1.54) is 11.3 Å². The predicted octanol–water partition coefficient (Wildman–Crippen LogP) is 2.89. The van der Waals surface area contributed by atoms with E-state index in [0.29, 0.717) is 52.0 Å². The number of nitrogens with zero attached hydrogens (tertiary/aromatic N) is 1. The van der Waals surface area contributed by atoms with Gasteiger partial charge in [0.15, 0.2) is 16.6 Å². The van der Waals surface area contributed by atoms with Gasteiger partial charge in [0, 0.05) is 21.7 Å². The fourth-order valence-corrected chi connectivity index (χ4v) is 4.72. The van der Waals surface area contributed by atoms with Crippen molar-refractivity contribution in [3.05, 3.63) is 64.2 Å². The Labute approximate surface area is 186 Å². The summed E-state index contributed by atoms with van der Waals surface area (Å²) in [6, 6.07) is 11.4. The summed E-state index contributed by atoms with van der Waals surface area (Å²) in [6.45, 7) is 0.137. The number of thiazole rings is 1. The number of primary amides is 1. The van der Waals surface area contributed by atoms with Crippen molar-refractivity contribution in [3.63, 3.8) is 0 Å². The molecule has 0 radical (unpaired) electrons. The number of amides is 3. The van der Waals surface area contributed by atoms with Crippen LogP contribution in [0.4, 0.5) is 10.8 Å². The number of rotatable bonds is 5. The fraction of sp³-hybridized carbons (Fsp3) is 0.182. The Hall–Kier alpha value is -3.92. The van der Waals surface area contributed by atoms with Crippen molar-refractivity contribution in [1.82, 2.24) is 4.98 Å². The highest BCUT2D eigenvalue weighted by atomic mass is 32.1. The number of hydrogen-bond donors (Lipinski definition) is 3. The van der Waals surface area contributed by atoms with E-state index in [9.17, 15) is 14.4 Å². The van der Waals surface area contributed by atoms with Gasteiger partial charge in [0.2, 0.25) is 18.6 Å². The maximum Gasteiger partial charge on any atom is 0.257 e. The number of carbonyl (C=O) groups excluding carboxylic acids is 3.